The summed E-state index contributed by atoms with van der Waals surface area (Å²) in [5.74, 6) is 0.0849. The minimum Gasteiger partial charge on any atom is -0.312 e. The fourth-order valence-corrected chi connectivity index (χ4v) is 4.61. The van der Waals surface area contributed by atoms with Crippen LogP contribution in [0.25, 0.3) is 0 Å². The van der Waals surface area contributed by atoms with Crippen LogP contribution in [0.4, 0.5) is 5.69 Å². The third-order valence-electron chi connectivity index (χ3n) is 5.39. The lowest BCUT2D eigenvalue weighted by molar-refractivity contribution is -0.117. The van der Waals surface area contributed by atoms with E-state index in [0.29, 0.717) is 13.0 Å². The van der Waals surface area contributed by atoms with E-state index in [9.17, 15) is 13.2 Å². The Morgan fingerprint density at radius 2 is 1.72 bits per heavy atom. The van der Waals surface area contributed by atoms with E-state index in [1.165, 1.54) is 5.56 Å². The number of carbonyl (C=O) groups is 1. The lowest BCUT2D eigenvalue weighted by atomic mass is 10.0. The third-order valence-corrected chi connectivity index (χ3v) is 6.83. The second kappa shape index (κ2) is 9.07. The first-order valence-corrected chi connectivity index (χ1v) is 11.5. The van der Waals surface area contributed by atoms with Gasteiger partial charge in [-0.05, 0) is 62.3 Å². The highest BCUT2D eigenvalue weighted by molar-refractivity contribution is 7.89. The lowest BCUT2D eigenvalue weighted by Gasteiger charge is -2.25. The van der Waals surface area contributed by atoms with Crippen molar-refractivity contribution in [1.29, 1.82) is 0 Å². The van der Waals surface area contributed by atoms with E-state index in [1.807, 2.05) is 19.0 Å². The average molecular weight is 416 g/mol. The van der Waals surface area contributed by atoms with Crippen LogP contribution in [0.3, 0.4) is 0 Å². The van der Waals surface area contributed by atoms with Crippen LogP contribution in [0, 0.1) is 0 Å². The summed E-state index contributed by atoms with van der Waals surface area (Å²) < 4.78 is 28.3. The van der Waals surface area contributed by atoms with Gasteiger partial charge >= 0.3 is 0 Å². The molecule has 1 heterocycles. The Balaban J connectivity index is 1.71. The fourth-order valence-electron chi connectivity index (χ4n) is 3.57. The number of benzene rings is 2. The molecule has 1 fully saturated rings. The van der Waals surface area contributed by atoms with Crippen LogP contribution >= 0.6 is 0 Å². The molecule has 0 aliphatic carbocycles. The number of sulfonamides is 1. The molecule has 1 N–H and O–H groups in total. The molecule has 2 aromatic carbocycles. The molecule has 0 radical (unpaired) electrons. The number of hydrogen-bond donors (Lipinski definition) is 1. The van der Waals surface area contributed by atoms with E-state index in [1.54, 1.807) is 29.2 Å². The van der Waals surface area contributed by atoms with Crippen molar-refractivity contribution in [3.63, 3.8) is 0 Å². The molecular weight excluding hydrogens is 386 g/mol. The number of carbonyl (C=O) groups excluding carboxylic acids is 1. The number of rotatable bonds is 8. The molecule has 1 aliphatic heterocycles. The molecule has 1 saturated heterocycles. The molecule has 1 atom stereocenters. The topological polar surface area (TPSA) is 69.7 Å². The van der Waals surface area contributed by atoms with E-state index in [2.05, 4.69) is 35.9 Å². The number of anilines is 1. The third kappa shape index (κ3) is 5.04. The van der Waals surface area contributed by atoms with Crippen LogP contribution in [0.15, 0.2) is 53.4 Å². The van der Waals surface area contributed by atoms with Gasteiger partial charge in [0.1, 0.15) is 0 Å². The summed E-state index contributed by atoms with van der Waals surface area (Å²) in [5.41, 5.74) is 3.06. The smallest absolute Gasteiger partial charge is 0.240 e. The van der Waals surface area contributed by atoms with Gasteiger partial charge in [-0.25, -0.2) is 13.1 Å². The van der Waals surface area contributed by atoms with Crippen LogP contribution in [0.2, 0.25) is 0 Å². The fraction of sp³-hybridized carbons (Fsp3) is 0.409. The first kappa shape index (κ1) is 21.5. The molecule has 7 heteroatoms. The Morgan fingerprint density at radius 1 is 1.07 bits per heavy atom. The Morgan fingerprint density at radius 3 is 2.24 bits per heavy atom. The molecule has 1 unspecified atom stereocenters. The normalized spacial score (nSPS) is 15.9. The van der Waals surface area contributed by atoms with Gasteiger partial charge in [0.15, 0.2) is 0 Å². The average Bonchev–Trinajstić information content (AvgIpc) is 3.14. The predicted octanol–water partition coefficient (Wildman–Crippen LogP) is 2.96. The number of likely N-dealkylation sites (N-methyl/N-ethyl adjacent to an activating group) is 1. The monoisotopic (exact) mass is 415 g/mol. The summed E-state index contributed by atoms with van der Waals surface area (Å²) >= 11 is 0. The maximum Gasteiger partial charge on any atom is 0.240 e. The summed E-state index contributed by atoms with van der Waals surface area (Å²) in [6.07, 6.45) is 2.36. The molecule has 6 nitrogen and oxygen atoms in total. The Labute approximate surface area is 173 Å². The molecule has 2 aromatic rings. The van der Waals surface area contributed by atoms with E-state index in [4.69, 9.17) is 0 Å². The van der Waals surface area contributed by atoms with Crippen molar-refractivity contribution < 1.29 is 13.2 Å². The maximum absolute atomic E-state index is 12.8. The van der Waals surface area contributed by atoms with E-state index >= 15 is 0 Å². The van der Waals surface area contributed by atoms with Crippen molar-refractivity contribution in [2.75, 3.05) is 32.1 Å². The summed E-state index contributed by atoms with van der Waals surface area (Å²) in [6.45, 7) is 3.06. The van der Waals surface area contributed by atoms with Crippen LogP contribution in [0.1, 0.15) is 36.9 Å². The Hall–Kier alpha value is -2.22. The summed E-state index contributed by atoms with van der Waals surface area (Å²) in [4.78, 5) is 15.8. The highest BCUT2D eigenvalue weighted by atomic mass is 32.2. The molecule has 29 heavy (non-hydrogen) atoms. The van der Waals surface area contributed by atoms with Gasteiger partial charge in [-0.3, -0.25) is 4.79 Å². The van der Waals surface area contributed by atoms with Gasteiger partial charge in [0.05, 0.1) is 4.90 Å². The van der Waals surface area contributed by atoms with E-state index in [-0.39, 0.29) is 23.4 Å². The first-order valence-electron chi connectivity index (χ1n) is 9.97. The Bertz CT molecular complexity index is 938. The van der Waals surface area contributed by atoms with Gasteiger partial charge < -0.3 is 9.80 Å². The number of nitrogens with one attached hydrogen (secondary N) is 1. The van der Waals surface area contributed by atoms with Crippen molar-refractivity contribution in [3.05, 3.63) is 59.7 Å². The largest absolute Gasteiger partial charge is 0.312 e. The lowest BCUT2D eigenvalue weighted by Crippen LogP contribution is -2.34. The summed E-state index contributed by atoms with van der Waals surface area (Å²) in [7, 11) is 0.234. The molecule has 156 valence electrons. The highest BCUT2D eigenvalue weighted by Crippen LogP contribution is 2.24. The van der Waals surface area contributed by atoms with Crippen LogP contribution in [-0.4, -0.2) is 46.4 Å². The summed E-state index contributed by atoms with van der Waals surface area (Å²) in [6, 6.07) is 14.7. The molecule has 1 aliphatic rings. The SMILES string of the molecule is CCc1ccc(C(CNS(=O)(=O)c2ccc(N3CCCC3=O)cc2)N(C)C)cc1. The quantitative estimate of drug-likeness (QED) is 0.720. The van der Waals surface area contributed by atoms with E-state index < -0.39 is 10.0 Å². The van der Waals surface area contributed by atoms with E-state index in [0.717, 1.165) is 24.1 Å². The second-order valence-corrected chi connectivity index (χ2v) is 9.34. The van der Waals surface area contributed by atoms with Gasteiger partial charge in [0, 0.05) is 31.2 Å². The van der Waals surface area contributed by atoms with Gasteiger partial charge in [-0.15, -0.1) is 0 Å². The standard InChI is InChI=1S/C22H29N3O3S/c1-4-17-7-9-18(10-8-17)21(24(2)3)16-23-29(27,28)20-13-11-19(12-14-20)25-15-5-6-22(25)26/h7-14,21,23H,4-6,15-16H2,1-3H3. The van der Waals surface area contributed by atoms with Gasteiger partial charge in [-0.2, -0.15) is 0 Å². The van der Waals surface area contributed by atoms with Crippen LogP contribution in [-0.2, 0) is 21.2 Å². The van der Waals surface area contributed by atoms with Crippen LogP contribution in [0.5, 0.6) is 0 Å². The Kier molecular flexibility index (Phi) is 6.72. The van der Waals surface area contributed by atoms with Gasteiger partial charge in [0.25, 0.3) is 0 Å². The van der Waals surface area contributed by atoms with Crippen LogP contribution < -0.4 is 9.62 Å². The minimum atomic E-state index is -3.64. The maximum atomic E-state index is 12.8. The zero-order valence-electron chi connectivity index (χ0n) is 17.3. The molecule has 0 spiro atoms. The van der Waals surface area contributed by atoms with Crippen molar-refractivity contribution >= 4 is 21.6 Å². The highest BCUT2D eigenvalue weighted by Gasteiger charge is 2.23. The minimum absolute atomic E-state index is 0.0721. The van der Waals surface area contributed by atoms with Crippen molar-refractivity contribution in [2.45, 2.75) is 37.1 Å². The molecular formula is C22H29N3O3S. The van der Waals surface area contributed by atoms with Crippen molar-refractivity contribution in [3.8, 4) is 0 Å². The van der Waals surface area contributed by atoms with Gasteiger partial charge in [0.2, 0.25) is 15.9 Å². The number of nitrogens with zero attached hydrogens (tertiary/aromatic N) is 2. The first-order chi connectivity index (χ1) is 13.8. The predicted molar refractivity (Wildman–Crippen MR) is 115 cm³/mol. The van der Waals surface area contributed by atoms with Gasteiger partial charge in [-0.1, -0.05) is 31.2 Å². The molecule has 0 saturated carbocycles. The number of aryl methyl sites for hydroxylation is 1. The van der Waals surface area contributed by atoms with Crippen molar-refractivity contribution in [2.24, 2.45) is 0 Å². The number of amides is 1. The molecule has 3 rings (SSSR count). The molecule has 1 amide bonds. The summed E-state index contributed by atoms with van der Waals surface area (Å²) in [5, 5.41) is 0. The zero-order valence-corrected chi connectivity index (χ0v) is 18.1. The zero-order chi connectivity index (χ0) is 21.0. The number of hydrogen-bond acceptors (Lipinski definition) is 4. The second-order valence-electron chi connectivity index (χ2n) is 7.57. The molecule has 0 aromatic heterocycles. The molecule has 0 bridgehead atoms. The van der Waals surface area contributed by atoms with Crippen molar-refractivity contribution in [1.82, 2.24) is 9.62 Å².